The molecule has 22 heavy (non-hydrogen) atoms. The molecule has 0 saturated carbocycles. The standard InChI is InChI=1S/C16H17ClN2O3/c1-16(2,3)22-15(21)19-12(9-20)13-11(17)7-6-10-5-4-8-18-14(10)13/h4-9,12H,1-3H3,(H,19,21). The molecule has 2 aromatic rings. The summed E-state index contributed by atoms with van der Waals surface area (Å²) >= 11 is 6.20. The molecule has 0 saturated heterocycles. The molecular formula is C16H17ClN2O3. The molecule has 5 nitrogen and oxygen atoms in total. The lowest BCUT2D eigenvalue weighted by Crippen LogP contribution is -2.35. The predicted molar refractivity (Wildman–Crippen MR) is 84.9 cm³/mol. The summed E-state index contributed by atoms with van der Waals surface area (Å²) in [5, 5.41) is 3.71. The zero-order valence-corrected chi connectivity index (χ0v) is 13.3. The number of benzene rings is 1. The summed E-state index contributed by atoms with van der Waals surface area (Å²) in [6.07, 6.45) is 1.53. The monoisotopic (exact) mass is 320 g/mol. The van der Waals surface area contributed by atoms with Gasteiger partial charge in [0.25, 0.3) is 0 Å². The van der Waals surface area contributed by atoms with Gasteiger partial charge in [-0.3, -0.25) is 4.98 Å². The minimum Gasteiger partial charge on any atom is -0.444 e. The van der Waals surface area contributed by atoms with Crippen LogP contribution in [-0.4, -0.2) is 23.0 Å². The summed E-state index contributed by atoms with van der Waals surface area (Å²) in [5.74, 6) is 0. The number of ether oxygens (including phenoxy) is 1. The van der Waals surface area contributed by atoms with Crippen LogP contribution in [0.15, 0.2) is 30.5 Å². The molecule has 2 rings (SSSR count). The number of carbonyl (C=O) groups excluding carboxylic acids is 2. The Morgan fingerprint density at radius 2 is 2.09 bits per heavy atom. The fourth-order valence-corrected chi connectivity index (χ4v) is 2.32. The van der Waals surface area contributed by atoms with Gasteiger partial charge in [0.1, 0.15) is 17.9 Å². The van der Waals surface area contributed by atoms with Crippen LogP contribution in [-0.2, 0) is 9.53 Å². The van der Waals surface area contributed by atoms with E-state index in [9.17, 15) is 9.59 Å². The number of hydrogen-bond acceptors (Lipinski definition) is 4. The molecule has 1 heterocycles. The van der Waals surface area contributed by atoms with Crippen molar-refractivity contribution in [1.29, 1.82) is 0 Å². The quantitative estimate of drug-likeness (QED) is 0.876. The number of alkyl carbamates (subject to hydrolysis) is 1. The summed E-state index contributed by atoms with van der Waals surface area (Å²) in [4.78, 5) is 27.6. The van der Waals surface area contributed by atoms with E-state index in [0.29, 0.717) is 22.4 Å². The number of aromatic nitrogens is 1. The maximum atomic E-state index is 11.9. The van der Waals surface area contributed by atoms with Crippen molar-refractivity contribution in [3.8, 4) is 0 Å². The van der Waals surface area contributed by atoms with Crippen molar-refractivity contribution in [2.45, 2.75) is 32.4 Å². The Balaban J connectivity index is 2.38. The average Bonchev–Trinajstić information content (AvgIpc) is 2.43. The van der Waals surface area contributed by atoms with Gasteiger partial charge in [0.05, 0.1) is 5.52 Å². The number of pyridine rings is 1. The molecule has 1 aromatic heterocycles. The van der Waals surface area contributed by atoms with Crippen LogP contribution in [0.25, 0.3) is 10.9 Å². The van der Waals surface area contributed by atoms with E-state index >= 15 is 0 Å². The van der Waals surface area contributed by atoms with Crippen LogP contribution in [0.2, 0.25) is 5.02 Å². The normalized spacial score (nSPS) is 12.7. The third-order valence-electron chi connectivity index (χ3n) is 2.88. The molecule has 6 heteroatoms. The van der Waals surface area contributed by atoms with Gasteiger partial charge in [-0.2, -0.15) is 0 Å². The van der Waals surface area contributed by atoms with Gasteiger partial charge in [0.2, 0.25) is 0 Å². The molecule has 0 aliphatic carbocycles. The summed E-state index contributed by atoms with van der Waals surface area (Å²) in [5.41, 5.74) is 0.377. The van der Waals surface area contributed by atoms with Crippen molar-refractivity contribution in [3.05, 3.63) is 41.0 Å². The highest BCUT2D eigenvalue weighted by Gasteiger charge is 2.23. The molecule has 0 bridgehead atoms. The first-order valence-corrected chi connectivity index (χ1v) is 7.17. The Morgan fingerprint density at radius 3 is 2.73 bits per heavy atom. The molecule has 0 radical (unpaired) electrons. The van der Waals surface area contributed by atoms with Crippen molar-refractivity contribution < 1.29 is 14.3 Å². The van der Waals surface area contributed by atoms with Crippen LogP contribution in [0, 0.1) is 0 Å². The summed E-state index contributed by atoms with van der Waals surface area (Å²) in [6.45, 7) is 5.23. The highest BCUT2D eigenvalue weighted by molar-refractivity contribution is 6.32. The first-order valence-electron chi connectivity index (χ1n) is 6.80. The number of nitrogens with one attached hydrogen (secondary N) is 1. The van der Waals surface area contributed by atoms with Gasteiger partial charge in [0, 0.05) is 22.2 Å². The maximum Gasteiger partial charge on any atom is 0.408 e. The van der Waals surface area contributed by atoms with Crippen molar-refractivity contribution >= 4 is 34.9 Å². The molecule has 1 amide bonds. The van der Waals surface area contributed by atoms with Crippen LogP contribution in [0.3, 0.4) is 0 Å². The highest BCUT2D eigenvalue weighted by Crippen LogP contribution is 2.29. The van der Waals surface area contributed by atoms with Crippen LogP contribution in [0.1, 0.15) is 32.4 Å². The SMILES string of the molecule is CC(C)(C)OC(=O)NC(C=O)c1c(Cl)ccc2cccnc12. The van der Waals surface area contributed by atoms with Crippen LogP contribution in [0.5, 0.6) is 0 Å². The lowest BCUT2D eigenvalue weighted by Gasteiger charge is -2.22. The number of rotatable bonds is 3. The number of carbonyl (C=O) groups is 2. The minimum absolute atomic E-state index is 0.361. The van der Waals surface area contributed by atoms with Crippen LogP contribution >= 0.6 is 11.6 Å². The lowest BCUT2D eigenvalue weighted by atomic mass is 10.0. The van der Waals surface area contributed by atoms with Crippen molar-refractivity contribution in [2.24, 2.45) is 0 Å². The van der Waals surface area contributed by atoms with Gasteiger partial charge in [-0.05, 0) is 32.9 Å². The van der Waals surface area contributed by atoms with Gasteiger partial charge >= 0.3 is 6.09 Å². The number of halogens is 1. The van der Waals surface area contributed by atoms with Crippen molar-refractivity contribution in [1.82, 2.24) is 10.3 Å². The second-order valence-corrected chi connectivity index (χ2v) is 6.20. The lowest BCUT2D eigenvalue weighted by molar-refractivity contribution is -0.109. The smallest absolute Gasteiger partial charge is 0.408 e. The first-order chi connectivity index (χ1) is 10.3. The molecule has 116 valence electrons. The third-order valence-corrected chi connectivity index (χ3v) is 3.21. The molecular weight excluding hydrogens is 304 g/mol. The maximum absolute atomic E-state index is 11.9. The molecule has 0 fully saturated rings. The van der Waals surface area contributed by atoms with E-state index in [1.165, 1.54) is 0 Å². The number of fused-ring (bicyclic) bond motifs is 1. The fraction of sp³-hybridized carbons (Fsp3) is 0.312. The van der Waals surface area contributed by atoms with Gasteiger partial charge in [-0.15, -0.1) is 0 Å². The van der Waals surface area contributed by atoms with E-state index in [0.717, 1.165) is 5.39 Å². The summed E-state index contributed by atoms with van der Waals surface area (Å²) < 4.78 is 5.17. The second-order valence-electron chi connectivity index (χ2n) is 5.80. The fourth-order valence-electron chi connectivity index (χ4n) is 2.05. The Bertz CT molecular complexity index is 710. The number of nitrogens with zero attached hydrogens (tertiary/aromatic N) is 1. The van der Waals surface area contributed by atoms with E-state index in [2.05, 4.69) is 10.3 Å². The molecule has 1 atom stereocenters. The summed E-state index contributed by atoms with van der Waals surface area (Å²) in [6, 6.07) is 6.20. The van der Waals surface area contributed by atoms with Crippen molar-refractivity contribution in [3.63, 3.8) is 0 Å². The molecule has 0 aliphatic rings. The Kier molecular flexibility index (Phi) is 4.66. The molecule has 1 N–H and O–H groups in total. The van der Waals surface area contributed by atoms with E-state index in [-0.39, 0.29) is 0 Å². The zero-order chi connectivity index (χ0) is 16.3. The Morgan fingerprint density at radius 1 is 1.36 bits per heavy atom. The van der Waals surface area contributed by atoms with E-state index in [1.54, 1.807) is 39.1 Å². The van der Waals surface area contributed by atoms with Gasteiger partial charge in [0.15, 0.2) is 0 Å². The van der Waals surface area contributed by atoms with Gasteiger partial charge < -0.3 is 14.8 Å². The minimum atomic E-state index is -0.930. The van der Waals surface area contributed by atoms with Gasteiger partial charge in [-0.1, -0.05) is 23.7 Å². The van der Waals surface area contributed by atoms with E-state index < -0.39 is 17.7 Å². The number of amides is 1. The van der Waals surface area contributed by atoms with Crippen molar-refractivity contribution in [2.75, 3.05) is 0 Å². The average molecular weight is 321 g/mol. The number of aldehydes is 1. The van der Waals surface area contributed by atoms with Crippen LogP contribution < -0.4 is 5.32 Å². The summed E-state index contributed by atoms with van der Waals surface area (Å²) in [7, 11) is 0. The zero-order valence-electron chi connectivity index (χ0n) is 12.6. The Hall–Kier alpha value is -2.14. The largest absolute Gasteiger partial charge is 0.444 e. The molecule has 1 unspecified atom stereocenters. The highest BCUT2D eigenvalue weighted by atomic mass is 35.5. The molecule has 0 spiro atoms. The number of hydrogen-bond donors (Lipinski definition) is 1. The third kappa shape index (κ3) is 3.74. The van der Waals surface area contributed by atoms with Crippen LogP contribution in [0.4, 0.5) is 4.79 Å². The van der Waals surface area contributed by atoms with E-state index in [1.807, 2.05) is 12.1 Å². The topological polar surface area (TPSA) is 68.3 Å². The first kappa shape index (κ1) is 16.2. The Labute approximate surface area is 133 Å². The molecule has 1 aromatic carbocycles. The molecule has 0 aliphatic heterocycles. The van der Waals surface area contributed by atoms with E-state index in [4.69, 9.17) is 16.3 Å². The van der Waals surface area contributed by atoms with Gasteiger partial charge in [-0.25, -0.2) is 4.79 Å². The second kappa shape index (κ2) is 6.32. The predicted octanol–water partition coefficient (Wildman–Crippen LogP) is 3.65.